The normalized spacial score (nSPS) is 17.3. The van der Waals surface area contributed by atoms with Crippen LogP contribution in [-0.2, 0) is 35.2 Å². The fraction of sp³-hybridized carbons (Fsp3) is 0.460. The minimum atomic E-state index is -0.960. The SMILES string of the molecule is Cc1ncsc1-c1ccc(CNC(=O)C2CC(O)CN2C(=O)[C@@H](NC(=O)COCCCOCCCCCOc2ccc(N3C(=S)N(c4ccc(C#N)c(Cl)c4)C(=O)C3(C)C)cc2)C(C)(C)C)cc1. The number of aliphatic hydroxyl groups is 1. The number of unbranched alkanes of at least 4 members (excludes halogenated alkanes) is 2. The summed E-state index contributed by atoms with van der Waals surface area (Å²) >= 11 is 13.6. The highest BCUT2D eigenvalue weighted by Gasteiger charge is 2.50. The van der Waals surface area contributed by atoms with E-state index in [0.29, 0.717) is 55.0 Å². The summed E-state index contributed by atoms with van der Waals surface area (Å²) in [5, 5.41) is 26.1. The van der Waals surface area contributed by atoms with Gasteiger partial charge in [-0.15, -0.1) is 11.3 Å². The average Bonchev–Trinajstić information content (AvgIpc) is 3.97. The van der Waals surface area contributed by atoms with E-state index in [0.717, 1.165) is 46.6 Å². The van der Waals surface area contributed by atoms with Crippen LogP contribution in [0.3, 0.4) is 0 Å². The number of aromatic nitrogens is 1. The average molecular weight is 987 g/mol. The van der Waals surface area contributed by atoms with E-state index < -0.39 is 41.0 Å². The molecule has 1 aromatic heterocycles. The van der Waals surface area contributed by atoms with Gasteiger partial charge in [0, 0.05) is 45.0 Å². The van der Waals surface area contributed by atoms with E-state index in [1.807, 2.05) is 102 Å². The second-order valence-electron chi connectivity index (χ2n) is 18.5. The first-order valence-electron chi connectivity index (χ1n) is 22.7. The van der Waals surface area contributed by atoms with Crippen LogP contribution in [0, 0.1) is 23.7 Å². The van der Waals surface area contributed by atoms with Crippen LogP contribution in [0.15, 0.2) is 72.2 Å². The molecule has 15 nitrogen and oxygen atoms in total. The van der Waals surface area contributed by atoms with Gasteiger partial charge in [-0.1, -0.05) is 56.6 Å². The van der Waals surface area contributed by atoms with Gasteiger partial charge in [0.25, 0.3) is 5.91 Å². The number of hydrogen-bond donors (Lipinski definition) is 3. The molecule has 2 aliphatic rings. The van der Waals surface area contributed by atoms with Gasteiger partial charge in [0.15, 0.2) is 5.11 Å². The van der Waals surface area contributed by atoms with Crippen molar-refractivity contribution in [3.63, 3.8) is 0 Å². The zero-order valence-corrected chi connectivity index (χ0v) is 41.8. The van der Waals surface area contributed by atoms with Crippen LogP contribution in [0.2, 0.25) is 5.02 Å². The van der Waals surface area contributed by atoms with Crippen molar-refractivity contribution in [1.82, 2.24) is 20.5 Å². The Morgan fingerprint density at radius 2 is 1.66 bits per heavy atom. The maximum absolute atomic E-state index is 13.9. The van der Waals surface area contributed by atoms with Crippen LogP contribution in [-0.4, -0.2) is 107 Å². The van der Waals surface area contributed by atoms with Crippen LogP contribution in [0.4, 0.5) is 11.4 Å². The van der Waals surface area contributed by atoms with Crippen LogP contribution in [0.25, 0.3) is 10.4 Å². The molecule has 0 bridgehead atoms. The van der Waals surface area contributed by atoms with Crippen molar-refractivity contribution >= 4 is 75.3 Å². The molecule has 3 N–H and O–H groups in total. The number of thiazole rings is 1. The second-order valence-corrected chi connectivity index (χ2v) is 20.1. The van der Waals surface area contributed by atoms with E-state index in [1.54, 1.807) is 34.4 Å². The smallest absolute Gasteiger partial charge is 0.259 e. The highest BCUT2D eigenvalue weighted by molar-refractivity contribution is 7.81. The molecule has 68 heavy (non-hydrogen) atoms. The molecule has 18 heteroatoms. The Hall–Kier alpha value is -5.48. The molecule has 2 unspecified atom stereocenters. The van der Waals surface area contributed by atoms with E-state index in [4.69, 9.17) is 38.0 Å². The molecule has 362 valence electrons. The summed E-state index contributed by atoms with van der Waals surface area (Å²) in [6.45, 7) is 13.0. The zero-order valence-electron chi connectivity index (χ0n) is 39.4. The lowest BCUT2D eigenvalue weighted by Crippen LogP contribution is -2.58. The Balaban J connectivity index is 0.841. The van der Waals surface area contributed by atoms with E-state index in [-0.39, 0.29) is 43.0 Å². The van der Waals surface area contributed by atoms with E-state index in [2.05, 4.69) is 15.6 Å². The lowest BCUT2D eigenvalue weighted by atomic mass is 9.85. The van der Waals surface area contributed by atoms with Gasteiger partial charge >= 0.3 is 0 Å². The van der Waals surface area contributed by atoms with Crippen molar-refractivity contribution in [3.05, 3.63) is 94.1 Å². The molecule has 0 radical (unpaired) electrons. The number of nitrogens with one attached hydrogen (secondary N) is 2. The Morgan fingerprint density at radius 1 is 0.985 bits per heavy atom. The molecule has 2 fully saturated rings. The number of hydrogen-bond acceptors (Lipinski definition) is 12. The Morgan fingerprint density at radius 3 is 2.32 bits per heavy atom. The van der Waals surface area contributed by atoms with Crippen LogP contribution < -0.4 is 25.2 Å². The Bertz CT molecular complexity index is 2470. The molecule has 3 aromatic carbocycles. The molecule has 2 aliphatic heterocycles. The molecule has 0 saturated carbocycles. The van der Waals surface area contributed by atoms with Gasteiger partial charge in [-0.25, -0.2) is 4.98 Å². The summed E-state index contributed by atoms with van der Waals surface area (Å²) in [7, 11) is 0. The summed E-state index contributed by atoms with van der Waals surface area (Å²) in [6.07, 6.45) is 2.40. The number of likely N-dealkylation sites (tertiary alicyclic amines) is 1. The van der Waals surface area contributed by atoms with Gasteiger partial charge in [-0.2, -0.15) is 5.26 Å². The molecule has 3 atom stereocenters. The Kier molecular flexibility index (Phi) is 17.7. The van der Waals surface area contributed by atoms with E-state index >= 15 is 0 Å². The number of nitrogens with zero attached hydrogens (tertiary/aromatic N) is 5. The third kappa shape index (κ3) is 12.8. The van der Waals surface area contributed by atoms with Gasteiger partial charge in [-0.05, 0) is 118 Å². The summed E-state index contributed by atoms with van der Waals surface area (Å²) in [4.78, 5) is 63.9. The molecule has 6 rings (SSSR count). The third-order valence-electron chi connectivity index (χ3n) is 11.8. The first-order chi connectivity index (χ1) is 32.4. The summed E-state index contributed by atoms with van der Waals surface area (Å²) in [5.74, 6) is -0.771. The molecule has 0 aliphatic carbocycles. The molecule has 0 spiro atoms. The maximum Gasteiger partial charge on any atom is 0.259 e. The van der Waals surface area contributed by atoms with Crippen molar-refractivity contribution in [2.75, 3.05) is 49.4 Å². The molecule has 4 amide bonds. The fourth-order valence-corrected chi connectivity index (χ4v) is 9.62. The Labute approximate surface area is 412 Å². The van der Waals surface area contributed by atoms with Crippen molar-refractivity contribution in [3.8, 4) is 22.3 Å². The first-order valence-corrected chi connectivity index (χ1v) is 24.4. The predicted molar refractivity (Wildman–Crippen MR) is 266 cm³/mol. The highest BCUT2D eigenvalue weighted by Crippen LogP contribution is 2.38. The number of nitriles is 1. The number of halogens is 1. The van der Waals surface area contributed by atoms with Gasteiger partial charge in [0.2, 0.25) is 17.7 Å². The molecule has 3 heterocycles. The van der Waals surface area contributed by atoms with Crippen molar-refractivity contribution in [2.24, 2.45) is 5.41 Å². The summed E-state index contributed by atoms with van der Waals surface area (Å²) in [6, 6.07) is 20.3. The first kappa shape index (κ1) is 51.9. The standard InChI is InChI=1S/C50H60ClN7O8S2/c1-32-43(68-31-54-32)34-13-11-33(12-14-34)28-53-45(61)41-26-38(59)29-56(41)46(62)44(49(2,3)4)55-42(60)30-65-23-10-22-64-21-8-7-9-24-66-39-19-17-36(18-20-39)58-48(67)57(47(63)50(58,5)6)37-16-15-35(27-52)40(51)25-37/h11-20,25,31,38,41,44,59H,7-10,21-24,26,28-30H2,1-6H3,(H,53,61)(H,55,60)/t38?,41?,44-/m1/s1. The number of amides is 4. The third-order valence-corrected chi connectivity index (χ3v) is 13.5. The quantitative estimate of drug-likeness (QED) is 0.0558. The topological polar surface area (TPSA) is 187 Å². The van der Waals surface area contributed by atoms with E-state index in [1.165, 1.54) is 9.80 Å². The zero-order chi connectivity index (χ0) is 49.2. The number of β-amino-alcohol motifs (C(OH)–C–C–N with tert-alkyl or cyclic N) is 1. The molecule has 4 aromatic rings. The van der Waals surface area contributed by atoms with E-state index in [9.17, 15) is 29.5 Å². The van der Waals surface area contributed by atoms with Crippen molar-refractivity contribution in [2.45, 2.75) is 104 Å². The number of carbonyl (C=O) groups excluding carboxylic acids is 4. The number of anilines is 2. The molecular formula is C50H60ClN7O8S2. The summed E-state index contributed by atoms with van der Waals surface area (Å²) < 4.78 is 17.3. The minimum absolute atomic E-state index is 0.0118. The highest BCUT2D eigenvalue weighted by atomic mass is 35.5. The number of carbonyl (C=O) groups is 4. The largest absolute Gasteiger partial charge is 0.494 e. The number of rotatable bonds is 21. The summed E-state index contributed by atoms with van der Waals surface area (Å²) in [5.41, 5.74) is 4.62. The van der Waals surface area contributed by atoms with Crippen LogP contribution in [0.5, 0.6) is 5.75 Å². The number of aliphatic hydroxyl groups excluding tert-OH is 1. The number of ether oxygens (including phenoxy) is 3. The molecule has 2 saturated heterocycles. The maximum atomic E-state index is 13.9. The van der Waals surface area contributed by atoms with Crippen LogP contribution >= 0.6 is 35.2 Å². The lowest BCUT2D eigenvalue weighted by molar-refractivity contribution is -0.144. The number of benzene rings is 3. The van der Waals surface area contributed by atoms with Gasteiger partial charge < -0.3 is 39.8 Å². The number of thiocarbonyl (C=S) groups is 1. The fourth-order valence-electron chi connectivity index (χ4n) is 8.07. The lowest BCUT2D eigenvalue weighted by Gasteiger charge is -2.35. The monoisotopic (exact) mass is 985 g/mol. The van der Waals surface area contributed by atoms with Gasteiger partial charge in [0.05, 0.1) is 45.1 Å². The van der Waals surface area contributed by atoms with Gasteiger partial charge in [0.1, 0.15) is 36.0 Å². The minimum Gasteiger partial charge on any atom is -0.494 e. The van der Waals surface area contributed by atoms with Crippen molar-refractivity contribution in [1.29, 1.82) is 5.26 Å². The number of aryl methyl sites for hydroxylation is 1. The van der Waals surface area contributed by atoms with Gasteiger partial charge in [-0.3, -0.25) is 24.1 Å². The predicted octanol–water partition coefficient (Wildman–Crippen LogP) is 7.34. The molecular weight excluding hydrogens is 926 g/mol. The van der Waals surface area contributed by atoms with Crippen molar-refractivity contribution < 1.29 is 38.5 Å². The second kappa shape index (κ2) is 23.2. The van der Waals surface area contributed by atoms with Crippen LogP contribution in [0.1, 0.15) is 83.5 Å².